The van der Waals surface area contributed by atoms with Gasteiger partial charge >= 0.3 is 0 Å². The molecule has 1 amide bonds. The number of nitrogens with one attached hydrogen (secondary N) is 1. The smallest absolute Gasteiger partial charge is 0.219 e. The fraction of sp³-hybridized carbons (Fsp3) is 0.471. The first-order valence-corrected chi connectivity index (χ1v) is 11.3. The highest BCUT2D eigenvalue weighted by atomic mass is 28.3. The molecule has 1 aromatic carbocycles. The molecule has 0 unspecified atom stereocenters. The van der Waals surface area contributed by atoms with Crippen LogP contribution in [0, 0.1) is 0 Å². The number of nitrogens with zero attached hydrogens (tertiary/aromatic N) is 1. The van der Waals surface area contributed by atoms with Crippen molar-refractivity contribution in [1.29, 1.82) is 0 Å². The van der Waals surface area contributed by atoms with Crippen molar-refractivity contribution in [3.05, 3.63) is 30.0 Å². The number of methoxy groups -OCH3 is 1. The Balaban J connectivity index is 2.37. The highest BCUT2D eigenvalue weighted by molar-refractivity contribution is 6.75. The minimum Gasteiger partial charge on any atom is -0.497 e. The average molecular weight is 318 g/mol. The number of aromatic nitrogens is 1. The lowest BCUT2D eigenvalue weighted by Crippen LogP contribution is -2.31. The SMILES string of the molecule is CCC(=O)NCCc1cn([Si](C)(C)C)c2ccc(OC)cc12. The summed E-state index contributed by atoms with van der Waals surface area (Å²) in [6.45, 7) is 9.55. The average Bonchev–Trinajstić information content (AvgIpc) is 2.85. The molecule has 2 rings (SSSR count). The van der Waals surface area contributed by atoms with Crippen molar-refractivity contribution >= 4 is 25.0 Å². The Labute approximate surface area is 133 Å². The summed E-state index contributed by atoms with van der Waals surface area (Å²) in [7, 11) is 0.208. The van der Waals surface area contributed by atoms with E-state index in [-0.39, 0.29) is 5.91 Å². The van der Waals surface area contributed by atoms with E-state index >= 15 is 0 Å². The zero-order chi connectivity index (χ0) is 16.3. The highest BCUT2D eigenvalue weighted by Crippen LogP contribution is 2.28. The zero-order valence-electron chi connectivity index (χ0n) is 14.2. The molecule has 1 heterocycles. The lowest BCUT2D eigenvalue weighted by atomic mass is 10.1. The summed E-state index contributed by atoms with van der Waals surface area (Å²) in [4.78, 5) is 11.4. The Hall–Kier alpha value is -1.75. The molecule has 0 saturated heterocycles. The zero-order valence-corrected chi connectivity index (χ0v) is 15.2. The van der Waals surface area contributed by atoms with Gasteiger partial charge < -0.3 is 14.3 Å². The molecule has 0 fully saturated rings. The summed E-state index contributed by atoms with van der Waals surface area (Å²) < 4.78 is 7.79. The first kappa shape index (κ1) is 16.6. The van der Waals surface area contributed by atoms with Crippen LogP contribution in [0.4, 0.5) is 0 Å². The number of benzene rings is 1. The van der Waals surface area contributed by atoms with Gasteiger partial charge in [-0.2, -0.15) is 0 Å². The van der Waals surface area contributed by atoms with E-state index in [2.05, 4.69) is 47.5 Å². The number of hydrogen-bond donors (Lipinski definition) is 1. The van der Waals surface area contributed by atoms with E-state index < -0.39 is 8.24 Å². The fourth-order valence-corrected chi connectivity index (χ4v) is 4.08. The minimum atomic E-state index is -1.48. The van der Waals surface area contributed by atoms with Gasteiger partial charge in [-0.15, -0.1) is 0 Å². The molecule has 4 nitrogen and oxygen atoms in total. The first-order chi connectivity index (χ1) is 10.4. The van der Waals surface area contributed by atoms with Gasteiger partial charge in [0.1, 0.15) is 5.75 Å². The van der Waals surface area contributed by atoms with Crippen LogP contribution in [0.25, 0.3) is 10.9 Å². The standard InChI is InChI=1S/C17H26N2O2Si/c1-6-17(20)18-10-9-13-12-19(22(3,4)5)16-8-7-14(21-2)11-15(13)16/h7-8,11-12H,6,9-10H2,1-5H3,(H,18,20). The third-order valence-electron chi connectivity index (χ3n) is 3.85. The van der Waals surface area contributed by atoms with Crippen molar-refractivity contribution < 1.29 is 9.53 Å². The Kier molecular flexibility index (Phi) is 4.96. The summed E-state index contributed by atoms with van der Waals surface area (Å²) in [5.41, 5.74) is 2.53. The van der Waals surface area contributed by atoms with Crippen molar-refractivity contribution in [2.45, 2.75) is 39.4 Å². The summed E-state index contributed by atoms with van der Waals surface area (Å²) >= 11 is 0. The van der Waals surface area contributed by atoms with Crippen LogP contribution in [-0.2, 0) is 11.2 Å². The van der Waals surface area contributed by atoms with Crippen LogP contribution < -0.4 is 10.1 Å². The molecule has 0 atom stereocenters. The van der Waals surface area contributed by atoms with Crippen LogP contribution in [0.1, 0.15) is 18.9 Å². The molecule has 0 bridgehead atoms. The van der Waals surface area contributed by atoms with Gasteiger partial charge in [-0.05, 0) is 36.4 Å². The number of ether oxygens (including phenoxy) is 1. The van der Waals surface area contributed by atoms with Crippen molar-refractivity contribution in [3.8, 4) is 5.75 Å². The summed E-state index contributed by atoms with van der Waals surface area (Å²) in [6.07, 6.45) is 3.63. The van der Waals surface area contributed by atoms with Crippen molar-refractivity contribution in [1.82, 2.24) is 9.55 Å². The van der Waals surface area contributed by atoms with Crippen LogP contribution in [-0.4, -0.2) is 32.0 Å². The quantitative estimate of drug-likeness (QED) is 0.830. The summed E-state index contributed by atoms with van der Waals surface area (Å²) in [6, 6.07) is 6.26. The predicted molar refractivity (Wildman–Crippen MR) is 94.2 cm³/mol. The van der Waals surface area contributed by atoms with Crippen molar-refractivity contribution in [3.63, 3.8) is 0 Å². The van der Waals surface area contributed by atoms with E-state index in [9.17, 15) is 4.79 Å². The van der Waals surface area contributed by atoms with E-state index in [4.69, 9.17) is 4.74 Å². The van der Waals surface area contributed by atoms with Gasteiger partial charge in [-0.1, -0.05) is 26.6 Å². The Morgan fingerprint density at radius 1 is 1.32 bits per heavy atom. The van der Waals surface area contributed by atoms with Gasteiger partial charge in [0.25, 0.3) is 0 Å². The van der Waals surface area contributed by atoms with Gasteiger partial charge in [-0.3, -0.25) is 4.79 Å². The Morgan fingerprint density at radius 2 is 2.05 bits per heavy atom. The molecule has 0 aliphatic carbocycles. The van der Waals surface area contributed by atoms with Crippen LogP contribution in [0.15, 0.2) is 24.4 Å². The summed E-state index contributed by atoms with van der Waals surface area (Å²) in [5.74, 6) is 0.978. The molecule has 0 aliphatic rings. The molecule has 120 valence electrons. The fourth-order valence-electron chi connectivity index (χ4n) is 2.62. The molecular formula is C17H26N2O2Si. The van der Waals surface area contributed by atoms with Gasteiger partial charge in [0.15, 0.2) is 8.24 Å². The van der Waals surface area contributed by atoms with Gasteiger partial charge in [0.05, 0.1) is 7.11 Å². The molecule has 1 N–H and O–H groups in total. The topological polar surface area (TPSA) is 43.3 Å². The van der Waals surface area contributed by atoms with Crippen LogP contribution >= 0.6 is 0 Å². The molecule has 0 aliphatic heterocycles. The maximum Gasteiger partial charge on any atom is 0.219 e. The first-order valence-electron chi connectivity index (χ1n) is 7.82. The lowest BCUT2D eigenvalue weighted by Gasteiger charge is -2.20. The summed E-state index contributed by atoms with van der Waals surface area (Å²) in [5, 5.41) is 4.18. The largest absolute Gasteiger partial charge is 0.497 e. The molecule has 0 spiro atoms. The normalized spacial score (nSPS) is 11.7. The molecule has 1 aromatic heterocycles. The number of rotatable bonds is 6. The Bertz CT molecular complexity index is 671. The van der Waals surface area contributed by atoms with Gasteiger partial charge in [0.2, 0.25) is 5.91 Å². The van der Waals surface area contributed by atoms with Gasteiger partial charge in [0, 0.05) is 23.9 Å². The number of fused-ring (bicyclic) bond motifs is 1. The number of carbonyl (C=O) groups is 1. The monoisotopic (exact) mass is 318 g/mol. The van der Waals surface area contributed by atoms with Crippen LogP contribution in [0.3, 0.4) is 0 Å². The second-order valence-electron chi connectivity index (χ2n) is 6.53. The molecule has 22 heavy (non-hydrogen) atoms. The van der Waals surface area contributed by atoms with E-state index in [1.807, 2.05) is 13.0 Å². The minimum absolute atomic E-state index is 0.103. The maximum absolute atomic E-state index is 11.4. The lowest BCUT2D eigenvalue weighted by molar-refractivity contribution is -0.120. The predicted octanol–water partition coefficient (Wildman–Crippen LogP) is 3.40. The maximum atomic E-state index is 11.4. The van der Waals surface area contributed by atoms with Gasteiger partial charge in [-0.25, -0.2) is 0 Å². The van der Waals surface area contributed by atoms with E-state index in [1.54, 1.807) is 7.11 Å². The van der Waals surface area contributed by atoms with E-state index in [0.717, 1.165) is 12.2 Å². The number of hydrogen-bond acceptors (Lipinski definition) is 2. The highest BCUT2D eigenvalue weighted by Gasteiger charge is 2.20. The van der Waals surface area contributed by atoms with E-state index in [1.165, 1.54) is 16.5 Å². The molecule has 5 heteroatoms. The van der Waals surface area contributed by atoms with Crippen molar-refractivity contribution in [2.75, 3.05) is 13.7 Å². The third kappa shape index (κ3) is 3.52. The van der Waals surface area contributed by atoms with E-state index in [0.29, 0.717) is 13.0 Å². The third-order valence-corrected chi connectivity index (χ3v) is 5.67. The molecule has 0 radical (unpaired) electrons. The molecule has 0 saturated carbocycles. The van der Waals surface area contributed by atoms with Crippen LogP contribution in [0.5, 0.6) is 5.75 Å². The molecular weight excluding hydrogens is 292 g/mol. The second-order valence-corrected chi connectivity index (χ2v) is 11.4. The second kappa shape index (κ2) is 6.56. The molecule has 2 aromatic rings. The van der Waals surface area contributed by atoms with Crippen LogP contribution in [0.2, 0.25) is 19.6 Å². The van der Waals surface area contributed by atoms with Crippen molar-refractivity contribution in [2.24, 2.45) is 0 Å². The Morgan fingerprint density at radius 3 is 2.64 bits per heavy atom. The number of carbonyl (C=O) groups excluding carboxylic acids is 1. The number of amides is 1.